The average molecular weight is 687 g/mol. The third kappa shape index (κ3) is 8.94. The van der Waals surface area contributed by atoms with Crippen molar-refractivity contribution in [2.24, 2.45) is 5.92 Å². The molecule has 4 rings (SSSR count). The molecule has 0 aliphatic carbocycles. The van der Waals surface area contributed by atoms with Gasteiger partial charge in [-0.15, -0.1) is 0 Å². The van der Waals surface area contributed by atoms with Gasteiger partial charge in [-0.2, -0.15) is 13.2 Å². The van der Waals surface area contributed by atoms with Crippen molar-refractivity contribution in [3.63, 3.8) is 0 Å². The number of nitrogens with one attached hydrogen (secondary N) is 2. The molecule has 0 spiro atoms. The quantitative estimate of drug-likeness (QED) is 0.201. The maximum Gasteiger partial charge on any atom is 0.394 e. The number of hydrogen-bond donors (Lipinski definition) is 3. The van der Waals surface area contributed by atoms with Crippen molar-refractivity contribution in [3.05, 3.63) is 92.1 Å². The number of carbonyl (C=O) groups is 3. The Kier molecular flexibility index (Phi) is 11.7. The summed E-state index contributed by atoms with van der Waals surface area (Å²) in [6.45, 7) is 9.10. The average Bonchev–Trinajstić information content (AvgIpc) is 2.96. The number of rotatable bonds is 13. The lowest BCUT2D eigenvalue weighted by atomic mass is 9.89. The normalized spacial score (nSPS) is 15.0. The Balaban J connectivity index is 1.54. The molecule has 1 aromatic heterocycles. The summed E-state index contributed by atoms with van der Waals surface area (Å²) in [6.07, 6.45) is -2.90. The van der Waals surface area contributed by atoms with Gasteiger partial charge in [0.1, 0.15) is 17.4 Å². The first-order valence-corrected chi connectivity index (χ1v) is 16.2. The second-order valence-corrected chi connectivity index (χ2v) is 12.9. The molecule has 1 fully saturated rings. The Bertz CT molecular complexity index is 1760. The van der Waals surface area contributed by atoms with Crippen LogP contribution in [0.5, 0.6) is 0 Å². The highest BCUT2D eigenvalue weighted by atomic mass is 19.4. The molecule has 2 aromatic carbocycles. The SMILES string of the molecule is CCC[C@H](NC(=O)c1cccn(CCN2CC(C(F)(F)F)C2)c1=O)C(=O)N[C@@H](CC(=O)O)c1cc(-c2c(C)cc(C)cc2C)cc(C)c1F. The highest BCUT2D eigenvalue weighted by Crippen LogP contribution is 2.35. The van der Waals surface area contributed by atoms with E-state index < -0.39 is 59.8 Å². The molecule has 0 unspecified atom stereocenters. The number of carbonyl (C=O) groups excluding carboxylic acids is 2. The van der Waals surface area contributed by atoms with Crippen LogP contribution in [-0.2, 0) is 16.1 Å². The van der Waals surface area contributed by atoms with Gasteiger partial charge in [0.05, 0.1) is 18.4 Å². The zero-order valence-corrected chi connectivity index (χ0v) is 28.2. The Morgan fingerprint density at radius 2 is 1.63 bits per heavy atom. The Morgan fingerprint density at radius 1 is 0.980 bits per heavy atom. The van der Waals surface area contributed by atoms with E-state index in [2.05, 4.69) is 10.6 Å². The van der Waals surface area contributed by atoms with Crippen LogP contribution >= 0.6 is 0 Å². The molecule has 0 bridgehead atoms. The molecule has 2 atom stereocenters. The number of likely N-dealkylation sites (tertiary alicyclic amines) is 1. The monoisotopic (exact) mass is 686 g/mol. The number of aliphatic carboxylic acids is 1. The number of halogens is 4. The smallest absolute Gasteiger partial charge is 0.394 e. The molecule has 49 heavy (non-hydrogen) atoms. The van der Waals surface area contributed by atoms with Crippen molar-refractivity contribution in [2.45, 2.75) is 78.7 Å². The van der Waals surface area contributed by atoms with Gasteiger partial charge in [0, 0.05) is 37.9 Å². The Morgan fingerprint density at radius 3 is 2.22 bits per heavy atom. The molecule has 13 heteroatoms. The molecule has 1 saturated heterocycles. The van der Waals surface area contributed by atoms with E-state index in [1.165, 1.54) is 22.9 Å². The molecule has 264 valence electrons. The number of aromatic nitrogens is 1. The molecule has 2 heterocycles. The highest BCUT2D eigenvalue weighted by Gasteiger charge is 2.46. The molecular weight excluding hydrogens is 644 g/mol. The minimum atomic E-state index is -4.27. The number of aryl methyl sites for hydroxylation is 4. The van der Waals surface area contributed by atoms with E-state index in [1.54, 1.807) is 30.9 Å². The van der Waals surface area contributed by atoms with Crippen LogP contribution in [0, 0.1) is 39.4 Å². The summed E-state index contributed by atoms with van der Waals surface area (Å²) < 4.78 is 55.4. The lowest BCUT2D eigenvalue weighted by molar-refractivity contribution is -0.209. The number of amides is 2. The third-order valence-electron chi connectivity index (χ3n) is 8.86. The van der Waals surface area contributed by atoms with Gasteiger partial charge in [-0.05, 0) is 86.2 Å². The minimum Gasteiger partial charge on any atom is -0.481 e. The molecule has 3 aromatic rings. The first kappa shape index (κ1) is 37.3. The van der Waals surface area contributed by atoms with E-state index in [-0.39, 0.29) is 49.3 Å². The van der Waals surface area contributed by atoms with E-state index in [0.29, 0.717) is 12.0 Å². The molecule has 1 aliphatic rings. The number of pyridine rings is 1. The number of hydrogen-bond acceptors (Lipinski definition) is 5. The fourth-order valence-corrected chi connectivity index (χ4v) is 6.40. The van der Waals surface area contributed by atoms with Gasteiger partial charge in [-0.25, -0.2) is 4.39 Å². The van der Waals surface area contributed by atoms with Crippen molar-refractivity contribution >= 4 is 17.8 Å². The van der Waals surface area contributed by atoms with Gasteiger partial charge in [-0.1, -0.05) is 31.0 Å². The van der Waals surface area contributed by atoms with E-state index in [9.17, 15) is 37.5 Å². The second-order valence-electron chi connectivity index (χ2n) is 12.9. The number of nitrogens with zero attached hydrogens (tertiary/aromatic N) is 2. The van der Waals surface area contributed by atoms with E-state index in [4.69, 9.17) is 0 Å². The van der Waals surface area contributed by atoms with Crippen LogP contribution in [-0.4, -0.2) is 64.2 Å². The van der Waals surface area contributed by atoms with Gasteiger partial charge in [0.25, 0.3) is 11.5 Å². The molecule has 0 radical (unpaired) electrons. The summed E-state index contributed by atoms with van der Waals surface area (Å²) in [5.41, 5.74) is 3.81. The van der Waals surface area contributed by atoms with Crippen molar-refractivity contribution < 1.29 is 37.1 Å². The molecular formula is C36H42F4N4O5. The maximum absolute atomic E-state index is 15.7. The molecule has 9 nitrogen and oxygen atoms in total. The summed E-state index contributed by atoms with van der Waals surface area (Å²) in [5.74, 6) is -4.93. The fraction of sp³-hybridized carbons (Fsp3) is 0.444. The second kappa shape index (κ2) is 15.4. The lowest BCUT2D eigenvalue weighted by Gasteiger charge is -2.40. The summed E-state index contributed by atoms with van der Waals surface area (Å²) >= 11 is 0. The molecule has 1 aliphatic heterocycles. The van der Waals surface area contributed by atoms with Crippen LogP contribution in [0.3, 0.4) is 0 Å². The summed E-state index contributed by atoms with van der Waals surface area (Å²) in [7, 11) is 0. The van der Waals surface area contributed by atoms with E-state index in [0.717, 1.165) is 22.3 Å². The van der Waals surface area contributed by atoms with Crippen molar-refractivity contribution in [1.29, 1.82) is 0 Å². The van der Waals surface area contributed by atoms with Crippen LogP contribution in [0.25, 0.3) is 11.1 Å². The van der Waals surface area contributed by atoms with Crippen LogP contribution in [0.4, 0.5) is 17.6 Å². The molecule has 0 saturated carbocycles. The summed E-state index contributed by atoms with van der Waals surface area (Å²) in [6, 6.07) is 7.49. The molecule has 2 amide bonds. The topological polar surface area (TPSA) is 121 Å². The zero-order valence-electron chi connectivity index (χ0n) is 28.2. The van der Waals surface area contributed by atoms with Crippen LogP contribution in [0.15, 0.2) is 47.4 Å². The zero-order chi connectivity index (χ0) is 36.2. The molecule has 3 N–H and O–H groups in total. The maximum atomic E-state index is 15.7. The van der Waals surface area contributed by atoms with Gasteiger partial charge < -0.3 is 25.2 Å². The minimum absolute atomic E-state index is 0.0126. The predicted molar refractivity (Wildman–Crippen MR) is 177 cm³/mol. The Labute approximate surface area is 282 Å². The van der Waals surface area contributed by atoms with Crippen LogP contribution in [0.2, 0.25) is 0 Å². The van der Waals surface area contributed by atoms with Crippen LogP contribution in [0.1, 0.15) is 70.4 Å². The first-order chi connectivity index (χ1) is 23.0. The number of carboxylic acids is 1. The van der Waals surface area contributed by atoms with Crippen LogP contribution < -0.4 is 16.2 Å². The highest BCUT2D eigenvalue weighted by molar-refractivity contribution is 5.97. The van der Waals surface area contributed by atoms with Gasteiger partial charge >= 0.3 is 12.1 Å². The van der Waals surface area contributed by atoms with Gasteiger partial charge in [0.2, 0.25) is 5.91 Å². The third-order valence-corrected chi connectivity index (χ3v) is 8.86. The van der Waals surface area contributed by atoms with Crippen molar-refractivity contribution in [3.8, 4) is 11.1 Å². The number of benzene rings is 2. The van der Waals surface area contributed by atoms with Gasteiger partial charge in [0.15, 0.2) is 0 Å². The summed E-state index contributed by atoms with van der Waals surface area (Å²) in [4.78, 5) is 53.5. The fourth-order valence-electron chi connectivity index (χ4n) is 6.40. The standard InChI is InChI=1S/C36H42F4N4O5/c1-6-8-28(41-33(47)26-9-7-10-44(35(26)49)12-11-43-18-25(19-43)36(38,39)40)34(48)42-29(17-30(45)46)27-16-24(15-23(5)32(27)37)31-21(3)13-20(2)14-22(31)4/h7,9-10,13-16,25,28-29H,6,8,11-12,17-19H2,1-5H3,(H,41,47)(H,42,48)(H,45,46)/t28-,29-/m0/s1. The number of alkyl halides is 3. The number of carboxylic acid groups (broad SMARTS) is 1. The Hall–Kier alpha value is -4.52. The largest absolute Gasteiger partial charge is 0.481 e. The first-order valence-electron chi connectivity index (χ1n) is 16.2. The predicted octanol–water partition coefficient (Wildman–Crippen LogP) is 5.61. The summed E-state index contributed by atoms with van der Waals surface area (Å²) in [5, 5.41) is 14.9. The van der Waals surface area contributed by atoms with Crippen molar-refractivity contribution in [2.75, 3.05) is 19.6 Å². The van der Waals surface area contributed by atoms with Gasteiger partial charge in [-0.3, -0.25) is 19.2 Å². The van der Waals surface area contributed by atoms with E-state index in [1.807, 2.05) is 32.9 Å². The van der Waals surface area contributed by atoms with E-state index >= 15 is 4.39 Å². The lowest BCUT2D eigenvalue weighted by Crippen LogP contribution is -2.54. The van der Waals surface area contributed by atoms with Crippen molar-refractivity contribution in [1.82, 2.24) is 20.1 Å².